The van der Waals surface area contributed by atoms with E-state index in [0.717, 1.165) is 22.0 Å². The second kappa shape index (κ2) is 9.96. The maximum absolute atomic E-state index is 13.2. The first-order valence-corrected chi connectivity index (χ1v) is 12.8. The Morgan fingerprint density at radius 3 is 1.84 bits per heavy atom. The van der Waals surface area contributed by atoms with E-state index in [1.54, 1.807) is 0 Å². The predicted octanol–water partition coefficient (Wildman–Crippen LogP) is 6.89. The minimum atomic E-state index is -0.537. The molecule has 0 bridgehead atoms. The normalized spacial score (nSPS) is 15.8. The van der Waals surface area contributed by atoms with Crippen LogP contribution in [-0.2, 0) is 10.3 Å². The Bertz CT molecular complexity index is 1460. The minimum absolute atomic E-state index is 0.201. The first-order chi connectivity index (χ1) is 18.2. The van der Waals surface area contributed by atoms with Crippen LogP contribution < -0.4 is 0 Å². The van der Waals surface area contributed by atoms with E-state index in [-0.39, 0.29) is 5.78 Å². The summed E-state index contributed by atoms with van der Waals surface area (Å²) in [6, 6.07) is 42.2. The van der Waals surface area contributed by atoms with Gasteiger partial charge in [-0.25, -0.2) is 0 Å². The lowest BCUT2D eigenvalue weighted by Crippen LogP contribution is -2.52. The van der Waals surface area contributed by atoms with Crippen molar-refractivity contribution in [2.75, 3.05) is 13.1 Å². The number of pyridine rings is 1. The molecule has 1 aliphatic rings. The molecule has 0 spiro atoms. The molecule has 1 saturated heterocycles. The lowest BCUT2D eigenvalue weighted by atomic mass is 9.74. The monoisotopic (exact) mass is 480 g/mol. The zero-order valence-electron chi connectivity index (χ0n) is 20.6. The van der Waals surface area contributed by atoms with Crippen molar-refractivity contribution < 1.29 is 4.79 Å². The summed E-state index contributed by atoms with van der Waals surface area (Å²) >= 11 is 0. The van der Waals surface area contributed by atoms with Crippen molar-refractivity contribution in [1.29, 1.82) is 0 Å². The molecule has 0 N–H and O–H groups in total. The summed E-state index contributed by atoms with van der Waals surface area (Å²) in [5, 5.41) is 1.07. The first kappa shape index (κ1) is 23.1. The van der Waals surface area contributed by atoms with Gasteiger partial charge in [-0.15, -0.1) is 0 Å². The van der Waals surface area contributed by atoms with Gasteiger partial charge in [0.2, 0.25) is 0 Å². The average Bonchev–Trinajstić information content (AvgIpc) is 2.97. The Morgan fingerprint density at radius 1 is 0.703 bits per heavy atom. The second-order valence-corrected chi connectivity index (χ2v) is 9.53. The van der Waals surface area contributed by atoms with Gasteiger partial charge in [-0.05, 0) is 40.5 Å². The number of carbonyl (C=O) groups excluding carboxylic acids is 1. The van der Waals surface area contributed by atoms with Gasteiger partial charge in [0.05, 0.1) is 11.1 Å². The lowest BCUT2D eigenvalue weighted by molar-refractivity contribution is -0.117. The van der Waals surface area contributed by atoms with Crippen molar-refractivity contribution in [3.05, 3.63) is 155 Å². The van der Waals surface area contributed by atoms with Crippen LogP contribution in [0.1, 0.15) is 28.7 Å². The van der Waals surface area contributed by atoms with Gasteiger partial charge in [0, 0.05) is 36.7 Å². The number of rotatable bonds is 5. The molecule has 1 aliphatic heterocycles. The summed E-state index contributed by atoms with van der Waals surface area (Å²) < 4.78 is 0. The van der Waals surface area contributed by atoms with E-state index in [2.05, 4.69) is 113 Å². The largest absolute Gasteiger partial charge is 0.294 e. The maximum atomic E-state index is 13.2. The highest BCUT2D eigenvalue weighted by Crippen LogP contribution is 2.44. The van der Waals surface area contributed by atoms with Crippen LogP contribution in [0.5, 0.6) is 0 Å². The molecule has 1 fully saturated rings. The fourth-order valence-electron chi connectivity index (χ4n) is 5.64. The van der Waals surface area contributed by atoms with Crippen LogP contribution in [0.3, 0.4) is 0 Å². The van der Waals surface area contributed by atoms with E-state index in [1.807, 2.05) is 30.5 Å². The van der Waals surface area contributed by atoms with Gasteiger partial charge in [-0.3, -0.25) is 14.7 Å². The van der Waals surface area contributed by atoms with Gasteiger partial charge < -0.3 is 0 Å². The molecule has 1 aromatic heterocycles. The van der Waals surface area contributed by atoms with Gasteiger partial charge in [-0.1, -0.05) is 109 Å². The summed E-state index contributed by atoms with van der Waals surface area (Å²) in [5.41, 5.74) is 5.75. The van der Waals surface area contributed by atoms with Gasteiger partial charge in [0.15, 0.2) is 5.78 Å². The number of carbonyl (C=O) groups is 1. The second-order valence-electron chi connectivity index (χ2n) is 9.53. The number of hydrogen-bond donors (Lipinski definition) is 0. The Labute approximate surface area is 217 Å². The van der Waals surface area contributed by atoms with Gasteiger partial charge in [-0.2, -0.15) is 0 Å². The van der Waals surface area contributed by atoms with E-state index >= 15 is 0 Å². The number of Topliss-reactive ketones (excluding diaryl/α,β-unsaturated/α-hetero) is 1. The highest BCUT2D eigenvalue weighted by Gasteiger charge is 2.44. The van der Waals surface area contributed by atoms with Crippen molar-refractivity contribution in [2.45, 2.75) is 12.0 Å². The minimum Gasteiger partial charge on any atom is -0.294 e. The molecule has 3 heteroatoms. The number of nitrogens with zero attached hydrogens (tertiary/aromatic N) is 2. The highest BCUT2D eigenvalue weighted by atomic mass is 16.1. The Hall–Kier alpha value is -4.34. The van der Waals surface area contributed by atoms with Gasteiger partial charge in [0.25, 0.3) is 0 Å². The third-order valence-electron chi connectivity index (χ3n) is 7.33. The van der Waals surface area contributed by atoms with Crippen LogP contribution >= 0.6 is 0 Å². The van der Waals surface area contributed by atoms with E-state index in [1.165, 1.54) is 16.7 Å². The third-order valence-corrected chi connectivity index (χ3v) is 7.33. The fourth-order valence-corrected chi connectivity index (χ4v) is 5.64. The van der Waals surface area contributed by atoms with Crippen LogP contribution in [0.4, 0.5) is 0 Å². The highest BCUT2D eigenvalue weighted by molar-refractivity contribution is 6.01. The summed E-state index contributed by atoms with van der Waals surface area (Å²) in [6.07, 6.45) is 4.36. The predicted molar refractivity (Wildman–Crippen MR) is 150 cm³/mol. The van der Waals surface area contributed by atoms with E-state index < -0.39 is 5.54 Å². The van der Waals surface area contributed by atoms with Crippen LogP contribution in [-0.4, -0.2) is 28.8 Å². The average molecular weight is 481 g/mol. The molecule has 6 rings (SSSR count). The molecule has 0 saturated carbocycles. The summed E-state index contributed by atoms with van der Waals surface area (Å²) in [6.45, 7) is 1.22. The zero-order valence-corrected chi connectivity index (χ0v) is 20.6. The van der Waals surface area contributed by atoms with Gasteiger partial charge in [0.1, 0.15) is 0 Å². The number of piperidine rings is 1. The molecular formula is C34H28N2O. The SMILES string of the molecule is O=C1CCN(C(c2ccccc2)(c2ccccc2)c2ccccc2)CC1=Cc1cnc2ccccc2c1. The summed E-state index contributed by atoms with van der Waals surface area (Å²) in [4.78, 5) is 20.3. The molecule has 0 radical (unpaired) electrons. The number of para-hydroxylation sites is 1. The van der Waals surface area contributed by atoms with Crippen LogP contribution in [0.15, 0.2) is 133 Å². The molecule has 0 atom stereocenters. The van der Waals surface area contributed by atoms with Crippen LogP contribution in [0, 0.1) is 0 Å². The number of likely N-dealkylation sites (tertiary alicyclic amines) is 1. The number of ketones is 1. The summed E-state index contributed by atoms with van der Waals surface area (Å²) in [7, 11) is 0. The molecular weight excluding hydrogens is 452 g/mol. The van der Waals surface area contributed by atoms with Crippen LogP contribution in [0.2, 0.25) is 0 Å². The quantitative estimate of drug-likeness (QED) is 0.203. The zero-order chi connectivity index (χ0) is 25.1. The summed E-state index contributed by atoms with van der Waals surface area (Å²) in [5.74, 6) is 0.201. The van der Waals surface area contributed by atoms with E-state index in [0.29, 0.717) is 19.5 Å². The molecule has 3 nitrogen and oxygen atoms in total. The topological polar surface area (TPSA) is 33.2 Å². The lowest BCUT2D eigenvalue weighted by Gasteiger charge is -2.47. The molecule has 180 valence electrons. The molecule has 0 aliphatic carbocycles. The van der Waals surface area contributed by atoms with Crippen molar-refractivity contribution in [3.8, 4) is 0 Å². The van der Waals surface area contributed by atoms with Crippen molar-refractivity contribution in [3.63, 3.8) is 0 Å². The number of fused-ring (bicyclic) bond motifs is 1. The Balaban J connectivity index is 1.51. The first-order valence-electron chi connectivity index (χ1n) is 12.8. The number of aromatic nitrogens is 1. The Kier molecular flexibility index (Phi) is 6.21. The standard InChI is InChI=1S/C34H28N2O/c37-33-20-21-36(25-28(33)23-26-22-27-12-10-11-19-32(27)35-24-26)34(29-13-4-1-5-14-29,30-15-6-2-7-16-30)31-17-8-3-9-18-31/h1-19,22-24H,20-21,25H2. The molecule has 5 aromatic rings. The molecule has 0 amide bonds. The molecule has 2 heterocycles. The van der Waals surface area contributed by atoms with Crippen molar-refractivity contribution in [2.24, 2.45) is 0 Å². The fraction of sp³-hybridized carbons (Fsp3) is 0.118. The van der Waals surface area contributed by atoms with Crippen molar-refractivity contribution in [1.82, 2.24) is 9.88 Å². The van der Waals surface area contributed by atoms with Crippen LogP contribution in [0.25, 0.3) is 17.0 Å². The molecule has 0 unspecified atom stereocenters. The third kappa shape index (κ3) is 4.28. The van der Waals surface area contributed by atoms with E-state index in [9.17, 15) is 4.79 Å². The van der Waals surface area contributed by atoms with Crippen molar-refractivity contribution >= 4 is 22.8 Å². The maximum Gasteiger partial charge on any atom is 0.161 e. The smallest absolute Gasteiger partial charge is 0.161 e. The van der Waals surface area contributed by atoms with E-state index in [4.69, 9.17) is 0 Å². The molecule has 4 aromatic carbocycles. The number of benzene rings is 4. The van der Waals surface area contributed by atoms with Gasteiger partial charge >= 0.3 is 0 Å². The number of hydrogen-bond acceptors (Lipinski definition) is 3. The molecule has 37 heavy (non-hydrogen) atoms. The Morgan fingerprint density at radius 2 is 1.24 bits per heavy atom.